The SMILES string of the molecule is Cc1ccccc1[CH2][Zr]([C]1=C(CC(C)(C)C)C=CC1)[C]1=C(CC(C)(C)C)C=CC1.Cl.Cl. The van der Waals surface area contributed by atoms with Gasteiger partial charge in [-0.2, -0.15) is 0 Å². The Morgan fingerprint density at radius 1 is 0.742 bits per heavy atom. The quantitative estimate of drug-likeness (QED) is 0.338. The Morgan fingerprint density at radius 2 is 1.19 bits per heavy atom. The molecule has 1 aromatic carbocycles. The van der Waals surface area contributed by atoms with Crippen LogP contribution in [0.1, 0.15) is 78.4 Å². The summed E-state index contributed by atoms with van der Waals surface area (Å²) in [4.78, 5) is 0. The average molecular weight is 540 g/mol. The first-order valence-electron chi connectivity index (χ1n) is 11.2. The largest absolute Gasteiger partial charge is 0.147 e. The normalized spacial score (nSPS) is 16.0. The Hall–Kier alpha value is -0.357. The number of benzene rings is 1. The van der Waals surface area contributed by atoms with E-state index in [1.165, 1.54) is 35.4 Å². The van der Waals surface area contributed by atoms with Crippen molar-refractivity contribution < 1.29 is 21.8 Å². The van der Waals surface area contributed by atoms with Gasteiger partial charge in [0.2, 0.25) is 0 Å². The van der Waals surface area contributed by atoms with Crippen LogP contribution in [-0.4, -0.2) is 0 Å². The summed E-state index contributed by atoms with van der Waals surface area (Å²) >= 11 is -1.99. The first-order chi connectivity index (χ1) is 13.5. The molecule has 2 aliphatic carbocycles. The first-order valence-corrected chi connectivity index (χ1v) is 15.4. The van der Waals surface area contributed by atoms with Gasteiger partial charge in [-0.15, -0.1) is 24.8 Å². The Kier molecular flexibility index (Phi) is 10.8. The molecule has 3 heteroatoms. The van der Waals surface area contributed by atoms with Crippen LogP contribution in [0.4, 0.5) is 0 Å². The maximum atomic E-state index is 2.46. The van der Waals surface area contributed by atoms with Gasteiger partial charge in [0.15, 0.2) is 0 Å². The fraction of sp³-hybridized carbons (Fsp3) is 0.500. The summed E-state index contributed by atoms with van der Waals surface area (Å²) in [7, 11) is 0. The van der Waals surface area contributed by atoms with Crippen LogP contribution in [0.2, 0.25) is 0 Å². The van der Waals surface area contributed by atoms with Crippen LogP contribution in [0, 0.1) is 17.8 Å². The maximum absolute atomic E-state index is 2.46. The third-order valence-electron chi connectivity index (χ3n) is 5.86. The zero-order valence-corrected chi connectivity index (χ0v) is 24.6. The van der Waals surface area contributed by atoms with Gasteiger partial charge in [0, 0.05) is 0 Å². The van der Waals surface area contributed by atoms with E-state index in [0.29, 0.717) is 10.8 Å². The van der Waals surface area contributed by atoms with E-state index in [-0.39, 0.29) is 24.8 Å². The second kappa shape index (κ2) is 11.7. The Bertz CT molecular complexity index is 823. The van der Waals surface area contributed by atoms with E-state index in [2.05, 4.69) is 97.0 Å². The van der Waals surface area contributed by atoms with Gasteiger partial charge in [0.05, 0.1) is 0 Å². The molecule has 0 nitrogen and oxygen atoms in total. The summed E-state index contributed by atoms with van der Waals surface area (Å²) in [5.41, 5.74) is 7.11. The number of rotatable bonds is 6. The van der Waals surface area contributed by atoms with E-state index in [1.807, 2.05) is 6.56 Å². The van der Waals surface area contributed by atoms with Gasteiger partial charge in [-0.05, 0) is 0 Å². The van der Waals surface area contributed by atoms with Crippen LogP contribution in [-0.2, 0) is 25.9 Å². The van der Waals surface area contributed by atoms with Crippen LogP contribution in [0.3, 0.4) is 0 Å². The van der Waals surface area contributed by atoms with Gasteiger partial charge >= 0.3 is 188 Å². The van der Waals surface area contributed by atoms with E-state index in [1.54, 1.807) is 16.7 Å². The molecular weight excluding hydrogens is 498 g/mol. The molecule has 31 heavy (non-hydrogen) atoms. The number of hydrogen-bond acceptors (Lipinski definition) is 0. The minimum atomic E-state index is -1.99. The van der Waals surface area contributed by atoms with Gasteiger partial charge in [-0.3, -0.25) is 0 Å². The number of halogens is 2. The Labute approximate surface area is 211 Å². The van der Waals surface area contributed by atoms with Crippen LogP contribution in [0.25, 0.3) is 0 Å². The maximum Gasteiger partial charge on any atom is -0.147 e. The molecule has 0 spiro atoms. The summed E-state index contributed by atoms with van der Waals surface area (Å²) in [5, 5.41) is 0. The third-order valence-corrected chi connectivity index (χ3v) is 13.8. The molecule has 0 N–H and O–H groups in total. The molecule has 0 aliphatic heterocycles. The second-order valence-electron chi connectivity index (χ2n) is 11.3. The van der Waals surface area contributed by atoms with Crippen LogP contribution >= 0.6 is 24.8 Å². The predicted octanol–water partition coefficient (Wildman–Crippen LogP) is 9.26. The summed E-state index contributed by atoms with van der Waals surface area (Å²) < 4.78 is 5.07. The van der Waals surface area contributed by atoms with E-state index < -0.39 is 21.8 Å². The molecule has 0 aromatic heterocycles. The standard InChI is InChI=1S/2C10H15.C8H9.2ClH.Zr/c2*1-10(2,3)8-9-6-4-5-7-9;1-7-5-3-4-6-8(7)2;;;/h2*4,6H,5,8H2,1-3H3;3-6H,1H2,2H3;2*1H;. The zero-order chi connectivity index (χ0) is 21.2. The van der Waals surface area contributed by atoms with Gasteiger partial charge < -0.3 is 0 Å². The minimum absolute atomic E-state index is 0. The molecular formula is C28H41Cl2Zr. The molecule has 0 atom stereocenters. The molecule has 0 bridgehead atoms. The van der Waals surface area contributed by atoms with Crippen molar-refractivity contribution in [1.29, 1.82) is 0 Å². The predicted molar refractivity (Wildman–Crippen MR) is 139 cm³/mol. The molecule has 0 fully saturated rings. The summed E-state index contributed by atoms with van der Waals surface area (Å²) in [6.07, 6.45) is 14.7. The van der Waals surface area contributed by atoms with Gasteiger partial charge in [0.25, 0.3) is 0 Å². The molecule has 0 heterocycles. The van der Waals surface area contributed by atoms with Crippen LogP contribution in [0.15, 0.2) is 66.3 Å². The first kappa shape index (κ1) is 28.7. The van der Waals surface area contributed by atoms with E-state index in [0.717, 1.165) is 0 Å². The van der Waals surface area contributed by atoms with Crippen molar-refractivity contribution in [3.63, 3.8) is 0 Å². The van der Waals surface area contributed by atoms with E-state index in [4.69, 9.17) is 0 Å². The van der Waals surface area contributed by atoms with Crippen molar-refractivity contribution in [2.75, 3.05) is 0 Å². The minimum Gasteiger partial charge on any atom is -0.147 e. The zero-order valence-electron chi connectivity index (χ0n) is 20.5. The van der Waals surface area contributed by atoms with Gasteiger partial charge in [0.1, 0.15) is 0 Å². The molecule has 0 saturated carbocycles. The van der Waals surface area contributed by atoms with Crippen molar-refractivity contribution in [3.05, 3.63) is 77.4 Å². The van der Waals surface area contributed by atoms with E-state index >= 15 is 0 Å². The monoisotopic (exact) mass is 537 g/mol. The van der Waals surface area contributed by atoms with Crippen molar-refractivity contribution in [2.24, 2.45) is 10.8 Å². The molecule has 1 aromatic rings. The molecule has 0 amide bonds. The summed E-state index contributed by atoms with van der Waals surface area (Å²) in [5.74, 6) is 0. The Morgan fingerprint density at radius 3 is 1.61 bits per heavy atom. The average Bonchev–Trinajstić information content (AvgIpc) is 3.21. The fourth-order valence-electron chi connectivity index (χ4n) is 4.60. The van der Waals surface area contributed by atoms with Crippen LogP contribution < -0.4 is 0 Å². The number of aryl methyl sites for hydroxylation is 1. The van der Waals surface area contributed by atoms with Crippen LogP contribution in [0.5, 0.6) is 0 Å². The second-order valence-corrected chi connectivity index (χ2v) is 17.5. The third kappa shape index (κ3) is 8.17. The Balaban J connectivity index is 0.00000240. The molecule has 3 rings (SSSR count). The van der Waals surface area contributed by atoms with Crippen molar-refractivity contribution in [2.45, 2.75) is 78.3 Å². The fourth-order valence-corrected chi connectivity index (χ4v) is 13.0. The number of allylic oxidation sites excluding steroid dienone is 8. The summed E-state index contributed by atoms with van der Waals surface area (Å²) in [6, 6.07) is 9.10. The van der Waals surface area contributed by atoms with Gasteiger partial charge in [-0.1, -0.05) is 0 Å². The van der Waals surface area contributed by atoms with E-state index in [9.17, 15) is 0 Å². The molecule has 171 valence electrons. The van der Waals surface area contributed by atoms with Crippen molar-refractivity contribution in [1.82, 2.24) is 0 Å². The molecule has 0 radical (unpaired) electrons. The van der Waals surface area contributed by atoms with Crippen molar-refractivity contribution in [3.8, 4) is 0 Å². The van der Waals surface area contributed by atoms with Gasteiger partial charge in [-0.25, -0.2) is 0 Å². The topological polar surface area (TPSA) is 0 Å². The molecule has 2 aliphatic rings. The smallest absolute Gasteiger partial charge is 0.147 e. The molecule has 0 unspecified atom stereocenters. The van der Waals surface area contributed by atoms with Crippen molar-refractivity contribution >= 4 is 24.8 Å². The number of hydrogen-bond donors (Lipinski definition) is 0. The summed E-state index contributed by atoms with van der Waals surface area (Å²) in [6.45, 7) is 16.6. The molecule has 0 saturated heterocycles.